The van der Waals surface area contributed by atoms with Crippen molar-refractivity contribution in [3.05, 3.63) is 0 Å². The fourth-order valence-electron chi connectivity index (χ4n) is 13.1. The van der Waals surface area contributed by atoms with Crippen molar-refractivity contribution in [1.82, 2.24) is 10.6 Å². The van der Waals surface area contributed by atoms with Crippen LogP contribution in [0.25, 0.3) is 0 Å². The Bertz CT molecular complexity index is 1400. The van der Waals surface area contributed by atoms with Crippen LogP contribution in [0.15, 0.2) is 0 Å². The number of esters is 1. The number of rotatable bonds is 19. The summed E-state index contributed by atoms with van der Waals surface area (Å²) in [6.07, 6.45) is 13.6. The number of unbranched alkanes of at least 4 members (excludes halogenated alkanes) is 4. The van der Waals surface area contributed by atoms with E-state index >= 15 is 0 Å². The molecule has 0 spiro atoms. The van der Waals surface area contributed by atoms with E-state index in [1.54, 1.807) is 6.92 Å². The lowest BCUT2D eigenvalue weighted by Crippen LogP contribution is -2.65. The molecule has 0 aromatic heterocycles. The molecule has 10 atom stereocenters. The predicted octanol–water partition coefficient (Wildman–Crippen LogP) is 8.65. The van der Waals surface area contributed by atoms with E-state index in [0.29, 0.717) is 42.6 Å². The maximum atomic E-state index is 14.5. The number of carbonyl (C=O) groups excluding carboxylic acids is 3. The summed E-state index contributed by atoms with van der Waals surface area (Å²) in [7, 11) is 0. The monoisotopic (exact) mass is 773 g/mol. The Balaban J connectivity index is 1.52. The van der Waals surface area contributed by atoms with Gasteiger partial charge in [-0.25, -0.2) is 0 Å². The lowest BCUT2D eigenvalue weighted by Gasteiger charge is -2.71. The van der Waals surface area contributed by atoms with Gasteiger partial charge in [0.1, 0.15) is 0 Å². The van der Waals surface area contributed by atoms with Gasteiger partial charge in [-0.2, -0.15) is 0 Å². The second kappa shape index (κ2) is 17.9. The molecule has 2 amide bonds. The average Bonchev–Trinajstić information content (AvgIpc) is 3.50. The number of hydrogen-bond acceptors (Lipinski definition) is 6. The van der Waals surface area contributed by atoms with Crippen molar-refractivity contribution in [3.63, 3.8) is 0 Å². The predicted molar refractivity (Wildman–Crippen MR) is 214 cm³/mol. The zero-order valence-corrected chi connectivity index (χ0v) is 35.8. The van der Waals surface area contributed by atoms with Gasteiger partial charge in [-0.15, -0.1) is 0 Å². The van der Waals surface area contributed by atoms with Crippen molar-refractivity contribution >= 4 is 29.7 Å². The highest BCUT2D eigenvalue weighted by Crippen LogP contribution is 2.76. The van der Waals surface area contributed by atoms with Crippen LogP contribution in [-0.2, 0) is 28.7 Å². The first-order valence-electron chi connectivity index (χ1n) is 21.8. The van der Waals surface area contributed by atoms with Crippen LogP contribution in [0.5, 0.6) is 0 Å². The number of ether oxygens (including phenoxy) is 1. The van der Waals surface area contributed by atoms with Gasteiger partial charge in [0.05, 0.1) is 23.9 Å². The van der Waals surface area contributed by atoms with Crippen LogP contribution in [0.3, 0.4) is 0 Å². The van der Waals surface area contributed by atoms with Crippen LogP contribution in [-0.4, -0.2) is 59.6 Å². The topological polar surface area (TPSA) is 159 Å². The Morgan fingerprint density at radius 2 is 1.44 bits per heavy atom. The third-order valence-electron chi connectivity index (χ3n) is 16.4. The number of aliphatic carboxylic acids is 2. The lowest BCUT2D eigenvalue weighted by atomic mass is 9.33. The van der Waals surface area contributed by atoms with E-state index in [2.05, 4.69) is 52.2 Å². The Kier molecular flexibility index (Phi) is 14.6. The van der Waals surface area contributed by atoms with E-state index in [-0.39, 0.29) is 64.8 Å². The summed E-state index contributed by atoms with van der Waals surface area (Å²) in [5.41, 5.74) is -1.85. The number of nitrogens with one attached hydrogen (secondary N) is 2. The fraction of sp³-hybridized carbons (Fsp3) is 0.889. The molecule has 0 radical (unpaired) electrons. The van der Waals surface area contributed by atoms with Crippen molar-refractivity contribution in [2.45, 2.75) is 165 Å². The van der Waals surface area contributed by atoms with E-state index in [1.165, 1.54) is 13.8 Å². The summed E-state index contributed by atoms with van der Waals surface area (Å²) in [6, 6.07) is 0. The fourth-order valence-corrected chi connectivity index (χ4v) is 13.1. The van der Waals surface area contributed by atoms with Gasteiger partial charge >= 0.3 is 17.9 Å². The molecule has 55 heavy (non-hydrogen) atoms. The van der Waals surface area contributed by atoms with Crippen LogP contribution in [0.1, 0.15) is 165 Å². The van der Waals surface area contributed by atoms with Crippen molar-refractivity contribution in [2.75, 3.05) is 19.7 Å². The number of amides is 2. The lowest BCUT2D eigenvalue weighted by molar-refractivity contribution is -0.227. The Morgan fingerprint density at radius 3 is 2.04 bits per heavy atom. The van der Waals surface area contributed by atoms with Gasteiger partial charge in [0.15, 0.2) is 0 Å². The minimum absolute atomic E-state index is 0.00245. The van der Waals surface area contributed by atoms with Gasteiger partial charge in [-0.05, 0) is 142 Å². The standard InChI is InChI=1S/C45H76N2O8/c1-29(2)32-17-22-45(39(52)47-26-14-12-10-11-13-25-46-31(4)48)24-23-43(8)34(38(32)45)15-16-35-42(7,20-19-36(49)50)33(18-21-44(35,43)9)30(3)28-55-37(51)27-41(5,6)40(53)54/h29-30,32-35,38H,10-28H2,1-9H3,(H,46,48)(H,47,52)(H,49,50)(H,53,54)/t30?,32-,33-,34+,35+,38+,42-,43+,44+,45-/m0/s1. The third-order valence-corrected chi connectivity index (χ3v) is 16.4. The van der Waals surface area contributed by atoms with Crippen LogP contribution >= 0.6 is 0 Å². The van der Waals surface area contributed by atoms with E-state index in [4.69, 9.17) is 4.74 Å². The highest BCUT2D eigenvalue weighted by Gasteiger charge is 2.70. The van der Waals surface area contributed by atoms with E-state index in [9.17, 15) is 34.2 Å². The summed E-state index contributed by atoms with van der Waals surface area (Å²) >= 11 is 0. The number of carboxylic acids is 2. The van der Waals surface area contributed by atoms with Crippen molar-refractivity contribution in [3.8, 4) is 0 Å². The summed E-state index contributed by atoms with van der Waals surface area (Å²) < 4.78 is 5.74. The Labute approximate surface area is 331 Å². The van der Waals surface area contributed by atoms with Gasteiger partial charge in [-0.3, -0.25) is 24.0 Å². The second-order valence-corrected chi connectivity index (χ2v) is 20.3. The zero-order chi connectivity index (χ0) is 41.0. The van der Waals surface area contributed by atoms with Crippen LogP contribution in [0, 0.1) is 68.5 Å². The summed E-state index contributed by atoms with van der Waals surface area (Å²) in [6.45, 7) is 20.4. The molecule has 4 rings (SSSR count). The molecule has 4 N–H and O–H groups in total. The van der Waals surface area contributed by atoms with Crippen LogP contribution in [0.2, 0.25) is 0 Å². The molecule has 0 heterocycles. The molecule has 0 bridgehead atoms. The molecule has 4 fully saturated rings. The Hall–Kier alpha value is -2.65. The highest BCUT2D eigenvalue weighted by molar-refractivity contribution is 5.84. The van der Waals surface area contributed by atoms with Crippen molar-refractivity contribution in [1.29, 1.82) is 0 Å². The molecule has 10 nitrogen and oxygen atoms in total. The normalized spacial score (nSPS) is 34.8. The van der Waals surface area contributed by atoms with Gasteiger partial charge in [0.25, 0.3) is 0 Å². The van der Waals surface area contributed by atoms with Gasteiger partial charge in [-0.1, -0.05) is 60.8 Å². The quantitative estimate of drug-likeness (QED) is 0.0750. The van der Waals surface area contributed by atoms with Crippen molar-refractivity contribution < 1.29 is 38.9 Å². The first-order valence-corrected chi connectivity index (χ1v) is 21.8. The van der Waals surface area contributed by atoms with Gasteiger partial charge in [0.2, 0.25) is 11.8 Å². The second-order valence-electron chi connectivity index (χ2n) is 20.3. The molecule has 4 saturated carbocycles. The third kappa shape index (κ3) is 9.24. The SMILES string of the molecule is CC(=O)NCCCCCCCNC(=O)[C@]12CC[C@@H](C(C)C)[C@@H]1[C@H]1CC[C@@H]3[C@@](C)(CCC(=O)O)[C@H](C(C)COC(=O)CC(C)(C)C(=O)O)CC[C@@]3(C)[C@]1(C)CC2. The minimum atomic E-state index is -1.21. The van der Waals surface area contributed by atoms with Gasteiger partial charge in [0, 0.05) is 26.4 Å². The molecule has 0 saturated heterocycles. The summed E-state index contributed by atoms with van der Waals surface area (Å²) in [5.74, 6) is 0.132. The molecular formula is C45H76N2O8. The molecule has 0 aromatic carbocycles. The summed E-state index contributed by atoms with van der Waals surface area (Å²) in [4.78, 5) is 62.1. The molecule has 0 aliphatic heterocycles. The Morgan fingerprint density at radius 1 is 0.800 bits per heavy atom. The minimum Gasteiger partial charge on any atom is -0.481 e. The number of hydrogen-bond donors (Lipinski definition) is 4. The average molecular weight is 773 g/mol. The first-order chi connectivity index (χ1) is 25.7. The number of fused-ring (bicyclic) bond motifs is 5. The maximum Gasteiger partial charge on any atom is 0.309 e. The van der Waals surface area contributed by atoms with Crippen molar-refractivity contribution in [2.24, 2.45) is 68.5 Å². The first kappa shape index (κ1) is 45.1. The van der Waals surface area contributed by atoms with E-state index in [1.807, 2.05) is 0 Å². The van der Waals surface area contributed by atoms with Gasteiger partial charge < -0.3 is 25.6 Å². The molecule has 0 aromatic rings. The van der Waals surface area contributed by atoms with E-state index < -0.39 is 23.3 Å². The number of carbonyl (C=O) groups is 5. The van der Waals surface area contributed by atoms with Crippen LogP contribution in [0.4, 0.5) is 0 Å². The molecule has 314 valence electrons. The largest absolute Gasteiger partial charge is 0.481 e. The molecular weight excluding hydrogens is 697 g/mol. The highest BCUT2D eigenvalue weighted by atomic mass is 16.5. The van der Waals surface area contributed by atoms with Crippen LogP contribution < -0.4 is 10.6 Å². The molecule has 10 heteroatoms. The van der Waals surface area contributed by atoms with E-state index in [0.717, 1.165) is 90.0 Å². The molecule has 4 aliphatic carbocycles. The zero-order valence-electron chi connectivity index (χ0n) is 35.8. The molecule has 4 aliphatic rings. The summed E-state index contributed by atoms with van der Waals surface area (Å²) in [5, 5.41) is 25.8. The smallest absolute Gasteiger partial charge is 0.309 e. The molecule has 1 unspecified atom stereocenters. The maximum absolute atomic E-state index is 14.5. The number of carboxylic acid groups (broad SMARTS) is 2.